The third-order valence-electron chi connectivity index (χ3n) is 4.33. The molecule has 0 radical (unpaired) electrons. The molecule has 0 saturated heterocycles. The molecule has 0 aliphatic carbocycles. The lowest BCUT2D eigenvalue weighted by molar-refractivity contribution is 0.468. The maximum absolute atomic E-state index is 12.9. The molecule has 146 valence electrons. The summed E-state index contributed by atoms with van der Waals surface area (Å²) in [7, 11) is 0. The molecule has 0 saturated carbocycles. The number of rotatable bonds is 5. The second kappa shape index (κ2) is 8.39. The summed E-state index contributed by atoms with van der Waals surface area (Å²) in [6.45, 7) is 4.00. The molecule has 0 N–H and O–H groups in total. The first-order chi connectivity index (χ1) is 14.0. The largest absolute Gasteiger partial charge is 0.448 e. The molecule has 0 spiro atoms. The summed E-state index contributed by atoms with van der Waals surface area (Å²) in [4.78, 5) is 18.6. The lowest BCUT2D eigenvalue weighted by atomic mass is 10.2. The number of benzene rings is 2. The smallest absolute Gasteiger partial charge is 0.282 e. The number of aromatic nitrogens is 2. The number of furan rings is 1. The highest BCUT2D eigenvalue weighted by Gasteiger charge is 2.10. The topological polar surface area (TPSA) is 60.4 Å². The zero-order chi connectivity index (χ0) is 20.4. The first-order valence-corrected chi connectivity index (χ1v) is 10.7. The summed E-state index contributed by atoms with van der Waals surface area (Å²) in [6, 6.07) is 17.4. The van der Waals surface area contributed by atoms with Crippen molar-refractivity contribution in [3.05, 3.63) is 86.6 Å². The summed E-state index contributed by atoms with van der Waals surface area (Å²) in [5.41, 5.74) is 1.68. The van der Waals surface area contributed by atoms with E-state index in [1.54, 1.807) is 12.3 Å². The van der Waals surface area contributed by atoms with Crippen molar-refractivity contribution in [3.63, 3.8) is 0 Å². The van der Waals surface area contributed by atoms with Gasteiger partial charge in [0.05, 0.1) is 17.1 Å². The molecule has 0 aliphatic heterocycles. The van der Waals surface area contributed by atoms with Crippen molar-refractivity contribution in [1.29, 1.82) is 0 Å². The van der Waals surface area contributed by atoms with Crippen LogP contribution in [-0.2, 0) is 6.42 Å². The van der Waals surface area contributed by atoms with Gasteiger partial charge in [0.1, 0.15) is 11.6 Å². The summed E-state index contributed by atoms with van der Waals surface area (Å²) in [5.74, 6) is 1.17. The zero-order valence-electron chi connectivity index (χ0n) is 15.9. The fourth-order valence-corrected chi connectivity index (χ4v) is 3.98. The van der Waals surface area contributed by atoms with Gasteiger partial charge >= 0.3 is 0 Å². The van der Waals surface area contributed by atoms with E-state index in [0.29, 0.717) is 28.9 Å². The molecule has 2 heterocycles. The molecule has 0 atom stereocenters. The molecule has 0 amide bonds. The third kappa shape index (κ3) is 4.36. The average Bonchev–Trinajstić information content (AvgIpc) is 3.16. The van der Waals surface area contributed by atoms with E-state index in [1.165, 1.54) is 22.0 Å². The van der Waals surface area contributed by atoms with Crippen LogP contribution >= 0.6 is 27.7 Å². The minimum absolute atomic E-state index is 0.204. The number of halogens is 1. The van der Waals surface area contributed by atoms with Crippen LogP contribution < -0.4 is 5.56 Å². The second-order valence-corrected chi connectivity index (χ2v) is 8.47. The summed E-state index contributed by atoms with van der Waals surface area (Å²) in [5, 5.41) is 5.64. The molecule has 2 aromatic heterocycles. The van der Waals surface area contributed by atoms with Gasteiger partial charge in [-0.3, -0.25) is 4.79 Å². The van der Waals surface area contributed by atoms with Crippen LogP contribution in [0.2, 0.25) is 0 Å². The maximum atomic E-state index is 12.9. The molecule has 4 rings (SSSR count). The number of aryl methyl sites for hydroxylation is 2. The Bertz CT molecular complexity index is 1260. The molecular formula is C22H18BrN3O2S. The van der Waals surface area contributed by atoms with Gasteiger partial charge < -0.3 is 4.42 Å². The fraction of sp³-hybridized carbons (Fsp3) is 0.136. The average molecular weight is 468 g/mol. The normalized spacial score (nSPS) is 11.6. The van der Waals surface area contributed by atoms with E-state index in [4.69, 9.17) is 4.42 Å². The van der Waals surface area contributed by atoms with Crippen LogP contribution in [0.3, 0.4) is 0 Å². The Morgan fingerprint density at radius 1 is 1.17 bits per heavy atom. The summed E-state index contributed by atoms with van der Waals surface area (Å²) in [6.07, 6.45) is 2.14. The monoisotopic (exact) mass is 467 g/mol. The van der Waals surface area contributed by atoms with Crippen molar-refractivity contribution in [3.8, 4) is 0 Å². The molecule has 29 heavy (non-hydrogen) atoms. The predicted molar refractivity (Wildman–Crippen MR) is 120 cm³/mol. The number of hydrogen-bond acceptors (Lipinski definition) is 5. The predicted octanol–water partition coefficient (Wildman–Crippen LogP) is 5.66. The Kier molecular flexibility index (Phi) is 5.69. The van der Waals surface area contributed by atoms with E-state index in [1.807, 2.05) is 31.2 Å². The molecule has 0 aliphatic rings. The van der Waals surface area contributed by atoms with Crippen molar-refractivity contribution < 1.29 is 4.42 Å². The van der Waals surface area contributed by atoms with Crippen molar-refractivity contribution in [1.82, 2.24) is 9.66 Å². The molecule has 0 unspecified atom stereocenters. The van der Waals surface area contributed by atoms with Crippen LogP contribution in [0, 0.1) is 6.92 Å². The van der Waals surface area contributed by atoms with Crippen molar-refractivity contribution in [2.24, 2.45) is 5.10 Å². The van der Waals surface area contributed by atoms with Crippen LogP contribution in [0.15, 0.2) is 83.4 Å². The highest BCUT2D eigenvalue weighted by Crippen LogP contribution is 2.29. The van der Waals surface area contributed by atoms with E-state index < -0.39 is 0 Å². The number of fused-ring (bicyclic) bond motifs is 1. The lowest BCUT2D eigenvalue weighted by Gasteiger charge is -2.07. The molecule has 0 bridgehead atoms. The van der Waals surface area contributed by atoms with E-state index in [2.05, 4.69) is 57.2 Å². The molecular weight excluding hydrogens is 450 g/mol. The van der Waals surface area contributed by atoms with Crippen LogP contribution in [0.25, 0.3) is 10.9 Å². The number of hydrogen-bond donors (Lipinski definition) is 0. The molecule has 0 fully saturated rings. The zero-order valence-corrected chi connectivity index (χ0v) is 18.3. The minimum atomic E-state index is -0.204. The third-order valence-corrected chi connectivity index (χ3v) is 5.76. The van der Waals surface area contributed by atoms with E-state index in [-0.39, 0.29) is 5.56 Å². The van der Waals surface area contributed by atoms with Crippen LogP contribution in [0.1, 0.15) is 24.1 Å². The van der Waals surface area contributed by atoms with Crippen LogP contribution in [0.4, 0.5) is 0 Å². The standard InChI is InChI=1S/C22H18BrN3O2S/c1-3-20-25-19-10-6-15(23)12-18(19)22(27)26(20)24-13-16-7-11-21(28-16)29-17-8-4-14(2)5-9-17/h4-13H,3H2,1-2H3. The maximum Gasteiger partial charge on any atom is 0.282 e. The molecule has 7 heteroatoms. The Morgan fingerprint density at radius 2 is 1.97 bits per heavy atom. The molecule has 5 nitrogen and oxygen atoms in total. The highest BCUT2D eigenvalue weighted by atomic mass is 79.9. The minimum Gasteiger partial charge on any atom is -0.448 e. The number of nitrogens with zero attached hydrogens (tertiary/aromatic N) is 3. The van der Waals surface area contributed by atoms with Gasteiger partial charge in [-0.1, -0.05) is 52.3 Å². The summed E-state index contributed by atoms with van der Waals surface area (Å²) < 4.78 is 7.99. The molecule has 2 aromatic carbocycles. The van der Waals surface area contributed by atoms with Crippen molar-refractivity contribution in [2.45, 2.75) is 30.3 Å². The van der Waals surface area contributed by atoms with E-state index in [9.17, 15) is 4.79 Å². The van der Waals surface area contributed by atoms with Gasteiger partial charge in [0.15, 0.2) is 5.09 Å². The van der Waals surface area contributed by atoms with Gasteiger partial charge in [-0.05, 0) is 49.4 Å². The van der Waals surface area contributed by atoms with Gasteiger partial charge in [-0.15, -0.1) is 0 Å². The highest BCUT2D eigenvalue weighted by molar-refractivity contribution is 9.10. The van der Waals surface area contributed by atoms with Gasteiger partial charge in [0.2, 0.25) is 0 Å². The van der Waals surface area contributed by atoms with Gasteiger partial charge in [0, 0.05) is 15.8 Å². The second-order valence-electron chi connectivity index (χ2n) is 6.48. The van der Waals surface area contributed by atoms with Gasteiger partial charge in [-0.25, -0.2) is 4.98 Å². The Balaban J connectivity index is 1.63. The Labute approximate surface area is 180 Å². The quantitative estimate of drug-likeness (QED) is 0.355. The van der Waals surface area contributed by atoms with Gasteiger partial charge in [0.25, 0.3) is 5.56 Å². The van der Waals surface area contributed by atoms with Gasteiger partial charge in [-0.2, -0.15) is 9.78 Å². The van der Waals surface area contributed by atoms with Crippen LogP contribution in [0.5, 0.6) is 0 Å². The Morgan fingerprint density at radius 3 is 2.72 bits per heavy atom. The summed E-state index contributed by atoms with van der Waals surface area (Å²) >= 11 is 4.94. The molecule has 4 aromatic rings. The van der Waals surface area contributed by atoms with Crippen molar-refractivity contribution >= 4 is 44.8 Å². The first kappa shape index (κ1) is 19.7. The Hall–Kier alpha value is -2.64. The van der Waals surface area contributed by atoms with E-state index >= 15 is 0 Å². The van der Waals surface area contributed by atoms with Crippen molar-refractivity contribution in [2.75, 3.05) is 0 Å². The first-order valence-electron chi connectivity index (χ1n) is 9.13. The van der Waals surface area contributed by atoms with Crippen LogP contribution in [-0.4, -0.2) is 15.9 Å². The lowest BCUT2D eigenvalue weighted by Crippen LogP contribution is -2.22. The SMILES string of the molecule is CCc1nc2ccc(Br)cc2c(=O)n1N=Cc1ccc(Sc2ccc(C)cc2)o1. The van der Waals surface area contributed by atoms with E-state index in [0.717, 1.165) is 14.5 Å². The fourth-order valence-electron chi connectivity index (χ4n) is 2.84.